The Labute approximate surface area is 807 Å². The number of hydrogen-bond donors (Lipinski definition) is 4. The van der Waals surface area contributed by atoms with Crippen LogP contribution in [0.4, 0.5) is 9.59 Å². The summed E-state index contributed by atoms with van der Waals surface area (Å²) < 4.78 is 66.3. The zero-order valence-electron chi connectivity index (χ0n) is 78.6. The number of ether oxygens (including phenoxy) is 11. The van der Waals surface area contributed by atoms with Crippen molar-refractivity contribution in [1.29, 1.82) is 10.5 Å². The number of aryl methyl sites for hydroxylation is 2. The summed E-state index contributed by atoms with van der Waals surface area (Å²) in [5.41, 5.74) is 26.2. The van der Waals surface area contributed by atoms with E-state index in [0.29, 0.717) is 60.4 Å². The van der Waals surface area contributed by atoms with Crippen LogP contribution in [-0.2, 0) is 62.7 Å². The smallest absolute Gasteiger partial charge is 0.408 e. The molecule has 20 rings (SSSR count). The number of carbonyl (C=O) groups excluding carboxylic acids is 3. The Morgan fingerprint density at radius 3 is 1.26 bits per heavy atom. The van der Waals surface area contributed by atoms with Crippen LogP contribution >= 0.6 is 23.5 Å². The molecular formula is C110H114N8O17S2. The number of aliphatic hydroxyl groups excluding tert-OH is 1. The molecule has 2 aliphatic carbocycles. The summed E-state index contributed by atoms with van der Waals surface area (Å²) >= 11 is 3.10. The van der Waals surface area contributed by atoms with E-state index in [0.717, 1.165) is 96.2 Å². The highest BCUT2D eigenvalue weighted by molar-refractivity contribution is 7.99. The molecule has 708 valence electrons. The molecular weight excluding hydrogens is 1770 g/mol. The fourth-order valence-corrected chi connectivity index (χ4v) is 25.6. The normalized spacial score (nSPS) is 21.0. The summed E-state index contributed by atoms with van der Waals surface area (Å²) in [6, 6.07) is 57.2. The molecule has 0 aromatic heterocycles. The van der Waals surface area contributed by atoms with Gasteiger partial charge < -0.3 is 73.0 Å². The number of nitriles is 2. The number of carboxylic acids is 1. The second-order valence-corrected chi connectivity index (χ2v) is 38.6. The highest BCUT2D eigenvalue weighted by Gasteiger charge is 2.59. The number of methoxy groups -OCH3 is 2. The van der Waals surface area contributed by atoms with E-state index in [-0.39, 0.29) is 106 Å². The number of fused-ring (bicyclic) bond motifs is 24. The van der Waals surface area contributed by atoms with E-state index in [1.54, 1.807) is 38.1 Å². The number of piperazine rings is 2. The summed E-state index contributed by atoms with van der Waals surface area (Å²) in [6.45, 7) is 20.7. The summed E-state index contributed by atoms with van der Waals surface area (Å²) in [7, 11) is 7.69. The monoisotopic (exact) mass is 1880 g/mol. The van der Waals surface area contributed by atoms with Gasteiger partial charge in [-0.2, -0.15) is 34.0 Å². The third-order valence-electron chi connectivity index (χ3n) is 29.0. The van der Waals surface area contributed by atoms with Crippen molar-refractivity contribution >= 4 is 47.6 Å². The Hall–Kier alpha value is -13.0. The molecule has 2 saturated heterocycles. The molecule has 0 saturated carbocycles. The van der Waals surface area contributed by atoms with Crippen LogP contribution < -0.4 is 48.5 Å². The first-order chi connectivity index (χ1) is 66.6. The molecule has 8 heterocycles. The van der Waals surface area contributed by atoms with Gasteiger partial charge in [-0.15, -0.1) is 0 Å². The van der Waals surface area contributed by atoms with E-state index in [2.05, 4.69) is 182 Å². The van der Waals surface area contributed by atoms with E-state index in [9.17, 15) is 39.9 Å². The Bertz CT molecular complexity index is 6310. The first-order valence-electron chi connectivity index (χ1n) is 46.6. The van der Waals surface area contributed by atoms with Gasteiger partial charge in [0, 0.05) is 92.4 Å². The fourth-order valence-electron chi connectivity index (χ4n) is 23.3. The Balaban J connectivity index is 0.000000152. The molecule has 27 heteroatoms. The van der Waals surface area contributed by atoms with Gasteiger partial charge in [0.25, 0.3) is 0 Å². The number of rotatable bonds is 27. The maximum atomic E-state index is 14.8. The van der Waals surface area contributed by atoms with Crippen LogP contribution in [0.5, 0.6) is 46.0 Å². The van der Waals surface area contributed by atoms with Gasteiger partial charge in [-0.25, -0.2) is 19.2 Å². The number of likely N-dealkylation sites (N-methyl/N-ethyl adjacent to an activating group) is 2. The number of carboxylic acid groups (broad SMARTS) is 1. The number of benzene rings is 10. The number of aliphatic carboxylic acids is 1. The van der Waals surface area contributed by atoms with Crippen LogP contribution in [0.25, 0.3) is 22.3 Å². The number of esters is 1. The molecule has 0 spiro atoms. The van der Waals surface area contributed by atoms with Crippen molar-refractivity contribution in [1.82, 2.24) is 30.2 Å². The molecule has 0 radical (unpaired) electrons. The van der Waals surface area contributed by atoms with Gasteiger partial charge >= 0.3 is 24.1 Å². The summed E-state index contributed by atoms with van der Waals surface area (Å²) in [6.07, 6.45) is 4.56. The summed E-state index contributed by atoms with van der Waals surface area (Å²) in [5, 5.41) is 47.6. The molecule has 4 bridgehead atoms. The number of hydrogen-bond acceptors (Lipinski definition) is 24. The van der Waals surface area contributed by atoms with Crippen LogP contribution in [-0.4, -0.2) is 194 Å². The fraction of sp³-hybridized carbons (Fsp3) is 0.364. The minimum absolute atomic E-state index is 0.00902. The second kappa shape index (κ2) is 40.8. The minimum Gasteiger partial charge on any atom is -0.496 e. The van der Waals surface area contributed by atoms with Gasteiger partial charge in [-0.05, 0) is 181 Å². The predicted octanol–water partition coefficient (Wildman–Crippen LogP) is 17.7. The molecule has 2 amide bonds. The molecule has 8 aliphatic heterocycles. The van der Waals surface area contributed by atoms with Crippen LogP contribution in [0.1, 0.15) is 147 Å². The Kier molecular flexibility index (Phi) is 28.1. The Morgan fingerprint density at radius 1 is 0.489 bits per heavy atom. The number of amides is 2. The van der Waals surface area contributed by atoms with Gasteiger partial charge in [0.2, 0.25) is 13.6 Å². The van der Waals surface area contributed by atoms with Crippen molar-refractivity contribution < 1.29 is 81.5 Å². The number of alkyl carbamates (subject to hydrolysis) is 2. The SMILES string of the molecule is C=CCOc1c(C)c2c(c3c1CC1[C@H]4c5c(cc(C)c(OC)c5C)C[C@@H]([C@H](C#N)N1[C@H]3CO)N4C)OCO2.C=CCOc1c(C)c2c(c3c1CC1[C@H]4c5c(cc(C)c(OC)c5C)C[C@@H]([C@H](C#N)N1[C@H]3COC(=O)[C@H](CSCC1c3ccccc3-c3ccccc31)NC(=O)OCc1ccccc1)N4C)OCO2.O=C(N[C@@H](CSCC1c2ccccc2-c2ccccc21)C(=O)O)OCc1ccccc1. The van der Waals surface area contributed by atoms with Crippen molar-refractivity contribution in [2.45, 2.75) is 165 Å². The average Bonchev–Trinajstić information content (AvgIpc) is 1.15. The van der Waals surface area contributed by atoms with Crippen LogP contribution in [0.3, 0.4) is 0 Å². The van der Waals surface area contributed by atoms with E-state index in [4.69, 9.17) is 52.1 Å². The van der Waals surface area contributed by atoms with Crippen LogP contribution in [0.2, 0.25) is 0 Å². The highest BCUT2D eigenvalue weighted by atomic mass is 32.2. The van der Waals surface area contributed by atoms with Crippen molar-refractivity contribution in [2.24, 2.45) is 0 Å². The summed E-state index contributed by atoms with van der Waals surface area (Å²) in [4.78, 5) is 61.3. The predicted molar refractivity (Wildman–Crippen MR) is 525 cm³/mol. The average molecular weight is 1880 g/mol. The number of aliphatic hydroxyl groups is 1. The maximum Gasteiger partial charge on any atom is 0.408 e. The topological polar surface area (TPSA) is 295 Å². The lowest BCUT2D eigenvalue weighted by atomic mass is 9.71. The first kappa shape index (κ1) is 94.4. The third-order valence-corrected chi connectivity index (χ3v) is 31.3. The summed E-state index contributed by atoms with van der Waals surface area (Å²) in [5.74, 6) is 6.15. The number of thioether (sulfide) groups is 2. The largest absolute Gasteiger partial charge is 0.496 e. The molecule has 10 aromatic carbocycles. The molecule has 4 N–H and O–H groups in total. The van der Waals surface area contributed by atoms with Crippen molar-refractivity contribution in [3.8, 4) is 80.4 Å². The molecule has 2 unspecified atom stereocenters. The van der Waals surface area contributed by atoms with Gasteiger partial charge in [-0.1, -0.05) is 195 Å². The van der Waals surface area contributed by atoms with Crippen LogP contribution in [0.15, 0.2) is 195 Å². The lowest BCUT2D eigenvalue weighted by molar-refractivity contribution is -0.150. The zero-order chi connectivity index (χ0) is 95.7. The van der Waals surface area contributed by atoms with Gasteiger partial charge in [-0.3, -0.25) is 19.6 Å². The first-order valence-corrected chi connectivity index (χ1v) is 48.9. The van der Waals surface area contributed by atoms with Crippen molar-refractivity contribution in [2.75, 3.05) is 91.3 Å². The molecule has 10 aliphatic rings. The number of carbonyl (C=O) groups is 4. The molecule has 10 aromatic rings. The standard InChI is InChI=1S/C55H56N4O8S.C30H35N3O5.C25H23NO4S/c1-7-21-63-51-33(4)52-53(67-30-66-52)48-40(51)24-44-49-47-32(3)50(62-6)31(2)22-35(47)23-43(58(49)5)45(25-56)59(44)46(48)27-64-54(60)42(57-55(61)65-26-34-15-9-8-10-16-34)29-68-28-41-38-19-13-11-17-36(38)37-18-12-14-20-39(37)41;1-7-8-36-28-17(4)29-30(38-14-37-29)25-19(28)11-21-26-24-16(3)27(35-6)15(2)9-18(24)10-20(32(26)5)22(12-31)33(21)23(25)13-34;27-24(28)23(26-25(29)30-14-17-8-2-1-3-9-17)16-31-15-22-20-12-6-4-10-18(20)19-11-5-7-13-21(19)22/h7-20,22,41-46,49H,1,21,23-24,26-30H2,2-6H3,(H,57,61);7,9,20-23,26,34H,1,8,10-11,13-14H2,2-6H3;1-13,22-23H,14-16H2,(H,26,29)(H,27,28)/t42-,43-,44?,45-,46-,49-;20-,21?,22-,23-,26-;23-/m000/s1. The van der Waals surface area contributed by atoms with Gasteiger partial charge in [0.1, 0.15) is 80.2 Å². The molecule has 137 heavy (non-hydrogen) atoms. The van der Waals surface area contributed by atoms with E-state index >= 15 is 0 Å². The maximum absolute atomic E-state index is 14.8. The van der Waals surface area contributed by atoms with Gasteiger partial charge in [0.15, 0.2) is 23.0 Å². The van der Waals surface area contributed by atoms with Gasteiger partial charge in [0.05, 0.1) is 57.1 Å². The molecule has 2 fully saturated rings. The van der Waals surface area contributed by atoms with Crippen LogP contribution in [0, 0.1) is 64.2 Å². The van der Waals surface area contributed by atoms with E-state index in [1.807, 2.05) is 98.8 Å². The second-order valence-electron chi connectivity index (χ2n) is 36.4. The van der Waals surface area contributed by atoms with Crippen molar-refractivity contribution in [3.63, 3.8) is 0 Å². The van der Waals surface area contributed by atoms with E-state index < -0.39 is 60.4 Å². The zero-order valence-corrected chi connectivity index (χ0v) is 80.3. The number of nitrogens with one attached hydrogen (secondary N) is 2. The lowest BCUT2D eigenvalue weighted by Gasteiger charge is -2.60. The minimum atomic E-state index is -1.07. The molecule has 25 nitrogen and oxygen atoms in total. The third kappa shape index (κ3) is 17.6. The highest BCUT2D eigenvalue weighted by Crippen LogP contribution is 2.61. The Morgan fingerprint density at radius 2 is 0.869 bits per heavy atom. The number of nitrogens with zero attached hydrogens (tertiary/aromatic N) is 6. The quantitative estimate of drug-likeness (QED) is 0.0211. The lowest BCUT2D eigenvalue weighted by Crippen LogP contribution is -2.68. The van der Waals surface area contributed by atoms with E-state index in [1.165, 1.54) is 78.5 Å². The van der Waals surface area contributed by atoms with Crippen molar-refractivity contribution in [3.05, 3.63) is 306 Å². The molecule has 12 atom stereocenters.